The first-order valence-electron chi connectivity index (χ1n) is 6.14. The van der Waals surface area contributed by atoms with Gasteiger partial charge in [-0.3, -0.25) is 4.79 Å². The predicted molar refractivity (Wildman–Crippen MR) is 67.2 cm³/mol. The monoisotopic (exact) mass is 296 g/mol. The van der Waals surface area contributed by atoms with Gasteiger partial charge in [0.15, 0.2) is 5.82 Å². The Hall–Kier alpha value is -2.38. The van der Waals surface area contributed by atoms with Gasteiger partial charge >= 0.3 is 6.18 Å². The Kier molecular flexibility index (Phi) is 2.79. The van der Waals surface area contributed by atoms with Crippen molar-refractivity contribution in [3.05, 3.63) is 35.2 Å². The average molecular weight is 296 g/mol. The zero-order valence-electron chi connectivity index (χ0n) is 11.3. The normalized spacial score (nSPS) is 14.7. The molecule has 2 aromatic rings. The summed E-state index contributed by atoms with van der Waals surface area (Å²) >= 11 is 0. The lowest BCUT2D eigenvalue weighted by molar-refractivity contribution is -0.144. The molecule has 0 saturated carbocycles. The van der Waals surface area contributed by atoms with Crippen LogP contribution < -0.4 is 0 Å². The Morgan fingerprint density at radius 2 is 1.95 bits per heavy atom. The molecule has 5 nitrogen and oxygen atoms in total. The Morgan fingerprint density at radius 1 is 1.24 bits per heavy atom. The number of alkyl halides is 3. The first-order valence-corrected chi connectivity index (χ1v) is 6.14. The van der Waals surface area contributed by atoms with Gasteiger partial charge in [0.25, 0.3) is 11.7 Å². The van der Waals surface area contributed by atoms with Gasteiger partial charge in [-0.2, -0.15) is 13.2 Å². The van der Waals surface area contributed by atoms with Crippen molar-refractivity contribution in [2.75, 3.05) is 7.05 Å². The maximum Gasteiger partial charge on any atom is 0.453 e. The van der Waals surface area contributed by atoms with Crippen molar-refractivity contribution < 1.29 is 18.0 Å². The molecule has 0 bridgehead atoms. The molecular formula is C13H11F3N4O. The third-order valence-electron chi connectivity index (χ3n) is 3.36. The van der Waals surface area contributed by atoms with Crippen LogP contribution in [-0.2, 0) is 19.8 Å². The van der Waals surface area contributed by atoms with Gasteiger partial charge in [0.2, 0.25) is 0 Å². The largest absolute Gasteiger partial charge is 0.453 e. The zero-order valence-corrected chi connectivity index (χ0v) is 11.3. The fourth-order valence-corrected chi connectivity index (χ4v) is 2.36. The minimum absolute atomic E-state index is 0.0921. The van der Waals surface area contributed by atoms with Gasteiger partial charge in [-0.1, -0.05) is 6.07 Å². The van der Waals surface area contributed by atoms with E-state index in [0.29, 0.717) is 17.7 Å². The van der Waals surface area contributed by atoms with E-state index in [9.17, 15) is 18.0 Å². The Balaban J connectivity index is 2.05. The standard InChI is InChI=1S/C13H11F3N4O/c1-19-6-8-5-7(3-4-9(8)11(19)21)10-17-12(13(14,15)16)18-20(10)2/h3-5H,6H2,1-2H3. The number of rotatable bonds is 1. The molecule has 110 valence electrons. The van der Waals surface area contributed by atoms with Gasteiger partial charge in [-0.05, 0) is 17.7 Å². The molecule has 0 fully saturated rings. The van der Waals surface area contributed by atoms with Crippen LogP contribution in [0.25, 0.3) is 11.4 Å². The number of benzene rings is 1. The van der Waals surface area contributed by atoms with Crippen molar-refractivity contribution in [3.8, 4) is 11.4 Å². The van der Waals surface area contributed by atoms with Gasteiger partial charge in [-0.15, -0.1) is 5.10 Å². The quantitative estimate of drug-likeness (QED) is 0.809. The van der Waals surface area contributed by atoms with E-state index in [4.69, 9.17) is 0 Å². The summed E-state index contributed by atoms with van der Waals surface area (Å²) in [4.78, 5) is 16.9. The molecule has 1 aromatic heterocycles. The number of carbonyl (C=O) groups excluding carboxylic acids is 1. The van der Waals surface area contributed by atoms with Crippen LogP contribution >= 0.6 is 0 Å². The maximum atomic E-state index is 12.6. The van der Waals surface area contributed by atoms with Crippen molar-refractivity contribution >= 4 is 5.91 Å². The molecule has 1 aliphatic rings. The molecule has 0 N–H and O–H groups in total. The summed E-state index contributed by atoms with van der Waals surface area (Å²) < 4.78 is 39.0. The lowest BCUT2D eigenvalue weighted by Gasteiger charge is -2.04. The second kappa shape index (κ2) is 4.31. The number of aryl methyl sites for hydroxylation is 1. The van der Waals surface area contributed by atoms with Crippen molar-refractivity contribution in [2.45, 2.75) is 12.7 Å². The molecule has 0 spiro atoms. The fraction of sp³-hybridized carbons (Fsp3) is 0.308. The smallest absolute Gasteiger partial charge is 0.337 e. The van der Waals surface area contributed by atoms with E-state index < -0.39 is 12.0 Å². The molecule has 3 rings (SSSR count). The molecule has 0 aliphatic carbocycles. The number of aromatic nitrogens is 3. The lowest BCUT2D eigenvalue weighted by atomic mass is 10.1. The van der Waals surface area contributed by atoms with E-state index in [0.717, 1.165) is 10.2 Å². The van der Waals surface area contributed by atoms with E-state index in [1.165, 1.54) is 7.05 Å². The predicted octanol–water partition coefficient (Wildman–Crippen LogP) is 2.09. The molecule has 0 unspecified atom stereocenters. The molecule has 0 radical (unpaired) electrons. The molecule has 0 saturated heterocycles. The first kappa shape index (κ1) is 13.6. The van der Waals surface area contributed by atoms with Crippen LogP contribution in [-0.4, -0.2) is 32.6 Å². The van der Waals surface area contributed by atoms with Gasteiger partial charge in [0.1, 0.15) is 0 Å². The average Bonchev–Trinajstić information content (AvgIpc) is 2.91. The zero-order chi connectivity index (χ0) is 15.4. The second-order valence-corrected chi connectivity index (χ2v) is 4.91. The number of hydrogen-bond donors (Lipinski definition) is 0. The third-order valence-corrected chi connectivity index (χ3v) is 3.36. The van der Waals surface area contributed by atoms with Crippen LogP contribution in [0.1, 0.15) is 21.7 Å². The van der Waals surface area contributed by atoms with Crippen LogP contribution in [0.5, 0.6) is 0 Å². The minimum atomic E-state index is -4.58. The van der Waals surface area contributed by atoms with Crippen LogP contribution in [0.2, 0.25) is 0 Å². The minimum Gasteiger partial charge on any atom is -0.337 e. The summed E-state index contributed by atoms with van der Waals surface area (Å²) in [5, 5.41) is 3.38. The van der Waals surface area contributed by atoms with E-state index >= 15 is 0 Å². The first-order chi connectivity index (χ1) is 9.77. The van der Waals surface area contributed by atoms with E-state index in [1.54, 1.807) is 30.1 Å². The summed E-state index contributed by atoms with van der Waals surface area (Å²) in [6.07, 6.45) is -4.58. The van der Waals surface area contributed by atoms with Crippen molar-refractivity contribution in [1.82, 2.24) is 19.7 Å². The maximum absolute atomic E-state index is 12.6. The van der Waals surface area contributed by atoms with Gasteiger partial charge in [-0.25, -0.2) is 9.67 Å². The Bertz CT molecular complexity index is 736. The SMILES string of the molecule is CN1Cc2cc(-c3nc(C(F)(F)F)nn3C)ccc2C1=O. The summed E-state index contributed by atoms with van der Waals surface area (Å²) in [5.74, 6) is -1.15. The molecule has 21 heavy (non-hydrogen) atoms. The highest BCUT2D eigenvalue weighted by Crippen LogP contribution is 2.30. The Labute approximate surface area is 118 Å². The summed E-state index contributed by atoms with van der Waals surface area (Å²) in [6.45, 7) is 0.436. The molecule has 8 heteroatoms. The third kappa shape index (κ3) is 2.16. The molecule has 2 heterocycles. The number of nitrogens with zero attached hydrogens (tertiary/aromatic N) is 4. The van der Waals surface area contributed by atoms with E-state index in [2.05, 4.69) is 10.1 Å². The van der Waals surface area contributed by atoms with Gasteiger partial charge < -0.3 is 4.90 Å². The van der Waals surface area contributed by atoms with Crippen LogP contribution in [0.15, 0.2) is 18.2 Å². The van der Waals surface area contributed by atoms with Crippen molar-refractivity contribution in [1.29, 1.82) is 0 Å². The van der Waals surface area contributed by atoms with Crippen LogP contribution in [0.3, 0.4) is 0 Å². The lowest BCUT2D eigenvalue weighted by Crippen LogP contribution is -2.17. The van der Waals surface area contributed by atoms with Crippen molar-refractivity contribution in [2.24, 2.45) is 7.05 Å². The summed E-state index contributed by atoms with van der Waals surface area (Å²) in [7, 11) is 3.08. The number of amides is 1. The summed E-state index contributed by atoms with van der Waals surface area (Å²) in [5.41, 5.74) is 1.85. The number of carbonyl (C=O) groups is 1. The molecule has 1 aromatic carbocycles. The fourth-order valence-electron chi connectivity index (χ4n) is 2.36. The van der Waals surface area contributed by atoms with Crippen LogP contribution in [0.4, 0.5) is 13.2 Å². The highest BCUT2D eigenvalue weighted by molar-refractivity contribution is 5.98. The van der Waals surface area contributed by atoms with Gasteiger partial charge in [0, 0.05) is 31.8 Å². The van der Waals surface area contributed by atoms with E-state index in [1.807, 2.05) is 0 Å². The number of hydrogen-bond acceptors (Lipinski definition) is 3. The van der Waals surface area contributed by atoms with Crippen LogP contribution in [0, 0.1) is 0 Å². The highest BCUT2D eigenvalue weighted by Gasteiger charge is 2.37. The van der Waals surface area contributed by atoms with E-state index in [-0.39, 0.29) is 11.7 Å². The van der Waals surface area contributed by atoms with Crippen molar-refractivity contribution in [3.63, 3.8) is 0 Å². The molecular weight excluding hydrogens is 285 g/mol. The molecule has 0 atom stereocenters. The topological polar surface area (TPSA) is 51.0 Å². The second-order valence-electron chi connectivity index (χ2n) is 4.91. The number of fused-ring (bicyclic) bond motifs is 1. The molecule has 1 amide bonds. The highest BCUT2D eigenvalue weighted by atomic mass is 19.4. The summed E-state index contributed by atoms with van der Waals surface area (Å²) in [6, 6.07) is 4.87. The molecule has 1 aliphatic heterocycles. The van der Waals surface area contributed by atoms with Gasteiger partial charge in [0.05, 0.1) is 0 Å². The number of halogens is 3. The Morgan fingerprint density at radius 3 is 2.57 bits per heavy atom.